The monoisotopic (exact) mass is 290 g/mol. The number of aryl methyl sites for hydroxylation is 2. The maximum absolute atomic E-state index is 12.6. The highest BCUT2D eigenvalue weighted by atomic mass is 16.5. The van der Waals surface area contributed by atoms with Gasteiger partial charge in [-0.15, -0.1) is 0 Å². The van der Waals surface area contributed by atoms with Crippen LogP contribution in [0.4, 0.5) is 0 Å². The van der Waals surface area contributed by atoms with Crippen molar-refractivity contribution in [2.75, 3.05) is 19.7 Å². The third-order valence-corrected chi connectivity index (χ3v) is 4.15. The number of ether oxygens (including phenoxy) is 1. The fourth-order valence-corrected chi connectivity index (χ4v) is 3.15. The van der Waals surface area contributed by atoms with Gasteiger partial charge < -0.3 is 9.64 Å². The van der Waals surface area contributed by atoms with Gasteiger partial charge in [-0.3, -0.25) is 4.79 Å². The number of nitrogens with zero attached hydrogens (tertiary/aromatic N) is 4. The van der Waals surface area contributed by atoms with Crippen molar-refractivity contribution in [1.82, 2.24) is 19.7 Å². The fourth-order valence-electron chi connectivity index (χ4n) is 3.15. The van der Waals surface area contributed by atoms with E-state index in [1.165, 1.54) is 0 Å². The smallest absolute Gasteiger partial charge is 0.252 e. The lowest BCUT2D eigenvalue weighted by Crippen LogP contribution is -2.42. The molecule has 1 atom stereocenters. The summed E-state index contributed by atoms with van der Waals surface area (Å²) in [6.07, 6.45) is 5.43. The molecule has 2 aliphatic heterocycles. The molecular formula is C15H22N4O2. The van der Waals surface area contributed by atoms with E-state index in [1.54, 1.807) is 6.26 Å². The second kappa shape index (κ2) is 5.87. The Hall–Kier alpha value is -1.85. The van der Waals surface area contributed by atoms with E-state index in [9.17, 15) is 4.79 Å². The molecule has 1 unspecified atom stereocenters. The van der Waals surface area contributed by atoms with Crippen LogP contribution in [0.3, 0.4) is 0 Å². The summed E-state index contributed by atoms with van der Waals surface area (Å²) < 4.78 is 7.26. The molecule has 0 aromatic carbocycles. The molecule has 1 aromatic heterocycles. The lowest BCUT2D eigenvalue weighted by atomic mass is 10.0. The highest BCUT2D eigenvalue weighted by Crippen LogP contribution is 2.24. The Morgan fingerprint density at radius 3 is 2.90 bits per heavy atom. The summed E-state index contributed by atoms with van der Waals surface area (Å²) in [5.41, 5.74) is 0.799. The van der Waals surface area contributed by atoms with E-state index in [-0.39, 0.29) is 11.9 Å². The standard InChI is InChI=1S/C15H22N4O2/c1-11-16-12(2)19(17-11)14-6-3-7-18(9-14)15(20)13-5-4-8-21-10-13/h10,14H,3-9H2,1-2H3. The minimum Gasteiger partial charge on any atom is -0.501 e. The van der Waals surface area contributed by atoms with Crippen LogP contribution >= 0.6 is 0 Å². The van der Waals surface area contributed by atoms with Crippen LogP contribution in [0.2, 0.25) is 0 Å². The van der Waals surface area contributed by atoms with Crippen LogP contribution < -0.4 is 0 Å². The molecule has 1 amide bonds. The zero-order valence-corrected chi connectivity index (χ0v) is 12.7. The van der Waals surface area contributed by atoms with Gasteiger partial charge in [-0.05, 0) is 39.5 Å². The van der Waals surface area contributed by atoms with Gasteiger partial charge in [0.15, 0.2) is 0 Å². The number of hydrogen-bond acceptors (Lipinski definition) is 4. The molecule has 0 radical (unpaired) electrons. The number of piperidine rings is 1. The van der Waals surface area contributed by atoms with Crippen molar-refractivity contribution < 1.29 is 9.53 Å². The van der Waals surface area contributed by atoms with Crippen molar-refractivity contribution in [3.63, 3.8) is 0 Å². The van der Waals surface area contributed by atoms with Gasteiger partial charge in [0.1, 0.15) is 11.6 Å². The minimum atomic E-state index is 0.119. The summed E-state index contributed by atoms with van der Waals surface area (Å²) in [6, 6.07) is 0.231. The summed E-state index contributed by atoms with van der Waals surface area (Å²) in [7, 11) is 0. The van der Waals surface area contributed by atoms with Crippen molar-refractivity contribution >= 4 is 5.91 Å². The Morgan fingerprint density at radius 1 is 1.38 bits per heavy atom. The molecule has 3 rings (SSSR count). The molecular weight excluding hydrogens is 268 g/mol. The number of hydrogen-bond donors (Lipinski definition) is 0. The predicted molar refractivity (Wildman–Crippen MR) is 77.6 cm³/mol. The second-order valence-corrected chi connectivity index (χ2v) is 5.82. The van der Waals surface area contributed by atoms with Crippen LogP contribution in [0.1, 0.15) is 43.4 Å². The van der Waals surface area contributed by atoms with Gasteiger partial charge in [-0.2, -0.15) is 5.10 Å². The Morgan fingerprint density at radius 2 is 2.24 bits per heavy atom. The third kappa shape index (κ3) is 2.94. The van der Waals surface area contributed by atoms with E-state index >= 15 is 0 Å². The maximum Gasteiger partial charge on any atom is 0.252 e. The topological polar surface area (TPSA) is 60.2 Å². The zero-order chi connectivity index (χ0) is 14.8. The van der Waals surface area contributed by atoms with Crippen molar-refractivity contribution in [1.29, 1.82) is 0 Å². The maximum atomic E-state index is 12.6. The summed E-state index contributed by atoms with van der Waals surface area (Å²) in [5.74, 6) is 1.83. The number of likely N-dealkylation sites (tertiary alicyclic amines) is 1. The highest BCUT2D eigenvalue weighted by Gasteiger charge is 2.28. The first-order valence-electron chi connectivity index (χ1n) is 7.65. The van der Waals surface area contributed by atoms with E-state index in [2.05, 4.69) is 10.1 Å². The van der Waals surface area contributed by atoms with Gasteiger partial charge in [0.05, 0.1) is 24.5 Å². The molecule has 2 aliphatic rings. The average molecular weight is 290 g/mol. The third-order valence-electron chi connectivity index (χ3n) is 4.15. The van der Waals surface area contributed by atoms with Gasteiger partial charge in [-0.25, -0.2) is 9.67 Å². The number of amides is 1. The molecule has 6 nitrogen and oxygen atoms in total. The van der Waals surface area contributed by atoms with Crippen molar-refractivity contribution in [3.8, 4) is 0 Å². The van der Waals surface area contributed by atoms with Crippen LogP contribution in [-0.4, -0.2) is 45.3 Å². The Kier molecular flexibility index (Phi) is 3.94. The summed E-state index contributed by atoms with van der Waals surface area (Å²) in [6.45, 7) is 6.12. The molecule has 0 saturated carbocycles. The van der Waals surface area contributed by atoms with Crippen molar-refractivity contribution in [2.45, 2.75) is 45.6 Å². The highest BCUT2D eigenvalue weighted by molar-refractivity contribution is 5.93. The van der Waals surface area contributed by atoms with E-state index < -0.39 is 0 Å². The van der Waals surface area contributed by atoms with E-state index in [0.29, 0.717) is 6.54 Å². The fraction of sp³-hybridized carbons (Fsp3) is 0.667. The number of carbonyl (C=O) groups excluding carboxylic acids is 1. The average Bonchev–Trinajstić information content (AvgIpc) is 2.86. The SMILES string of the molecule is Cc1nc(C)n(C2CCCN(C(=O)C3=COCCC3)C2)n1. The first kappa shape index (κ1) is 14.1. The zero-order valence-electron chi connectivity index (χ0n) is 12.7. The van der Waals surface area contributed by atoms with Crippen LogP contribution in [0.15, 0.2) is 11.8 Å². The Balaban J connectivity index is 1.72. The van der Waals surface area contributed by atoms with Gasteiger partial charge in [-0.1, -0.05) is 0 Å². The van der Waals surface area contributed by atoms with Gasteiger partial charge in [0.2, 0.25) is 0 Å². The Labute approximate surface area is 124 Å². The first-order valence-corrected chi connectivity index (χ1v) is 7.65. The Bertz CT molecular complexity index is 564. The molecule has 3 heterocycles. The molecule has 1 saturated heterocycles. The second-order valence-electron chi connectivity index (χ2n) is 5.82. The van der Waals surface area contributed by atoms with E-state index in [0.717, 1.165) is 56.1 Å². The molecule has 1 aromatic rings. The minimum absolute atomic E-state index is 0.119. The normalized spacial score (nSPS) is 22.7. The van der Waals surface area contributed by atoms with E-state index in [1.807, 2.05) is 23.4 Å². The molecule has 0 aliphatic carbocycles. The van der Waals surface area contributed by atoms with E-state index in [4.69, 9.17) is 4.74 Å². The summed E-state index contributed by atoms with van der Waals surface area (Å²) in [4.78, 5) is 18.9. The first-order chi connectivity index (χ1) is 10.1. The van der Waals surface area contributed by atoms with Gasteiger partial charge in [0.25, 0.3) is 5.91 Å². The van der Waals surface area contributed by atoms with Crippen LogP contribution in [-0.2, 0) is 9.53 Å². The number of carbonyl (C=O) groups is 1. The quantitative estimate of drug-likeness (QED) is 0.832. The molecule has 0 spiro atoms. The molecule has 0 bridgehead atoms. The molecule has 1 fully saturated rings. The van der Waals surface area contributed by atoms with Gasteiger partial charge in [0, 0.05) is 13.1 Å². The predicted octanol–water partition coefficient (Wildman–Crippen LogP) is 1.75. The molecule has 0 N–H and O–H groups in total. The molecule has 6 heteroatoms. The van der Waals surface area contributed by atoms with Crippen molar-refractivity contribution in [3.05, 3.63) is 23.5 Å². The number of rotatable bonds is 2. The number of aromatic nitrogens is 3. The van der Waals surface area contributed by atoms with Gasteiger partial charge >= 0.3 is 0 Å². The largest absolute Gasteiger partial charge is 0.501 e. The van der Waals surface area contributed by atoms with Crippen LogP contribution in [0.25, 0.3) is 0 Å². The summed E-state index contributed by atoms with van der Waals surface area (Å²) >= 11 is 0. The molecule has 21 heavy (non-hydrogen) atoms. The van der Waals surface area contributed by atoms with Crippen LogP contribution in [0, 0.1) is 13.8 Å². The molecule has 114 valence electrons. The van der Waals surface area contributed by atoms with Crippen molar-refractivity contribution in [2.24, 2.45) is 0 Å². The lowest BCUT2D eigenvalue weighted by Gasteiger charge is -2.34. The van der Waals surface area contributed by atoms with Crippen LogP contribution in [0.5, 0.6) is 0 Å². The summed E-state index contributed by atoms with van der Waals surface area (Å²) in [5, 5.41) is 4.47. The lowest BCUT2D eigenvalue weighted by molar-refractivity contribution is -0.129.